The number of ketones is 1. The van der Waals surface area contributed by atoms with Gasteiger partial charge in [-0.2, -0.15) is 11.3 Å². The van der Waals surface area contributed by atoms with Crippen LogP contribution in [-0.2, 0) is 14.3 Å². The first-order chi connectivity index (χ1) is 12.2. The molecular formula is C20H20O4S. The van der Waals surface area contributed by atoms with Crippen LogP contribution in [0.25, 0.3) is 5.57 Å². The van der Waals surface area contributed by atoms with Crippen LogP contribution < -0.4 is 4.74 Å². The number of esters is 1. The summed E-state index contributed by atoms with van der Waals surface area (Å²) >= 11 is 1.59. The molecule has 0 unspecified atom stereocenters. The first-order valence-electron chi connectivity index (χ1n) is 8.22. The fourth-order valence-electron chi connectivity index (χ4n) is 3.30. The molecule has 0 amide bonds. The molecule has 2 aromatic rings. The lowest BCUT2D eigenvalue weighted by molar-refractivity contribution is -0.151. The van der Waals surface area contributed by atoms with Gasteiger partial charge in [0.15, 0.2) is 5.78 Å². The average molecular weight is 356 g/mol. The molecule has 0 bridgehead atoms. The van der Waals surface area contributed by atoms with Gasteiger partial charge in [0.25, 0.3) is 0 Å². The summed E-state index contributed by atoms with van der Waals surface area (Å²) in [5.74, 6) is -1.13. The maximum atomic E-state index is 12.8. The fraction of sp³-hybridized carbons (Fsp3) is 0.300. The molecular weight excluding hydrogens is 336 g/mol. The van der Waals surface area contributed by atoms with Gasteiger partial charge in [-0.15, -0.1) is 0 Å². The van der Waals surface area contributed by atoms with Gasteiger partial charge in [-0.3, -0.25) is 9.59 Å². The first kappa shape index (κ1) is 17.4. The van der Waals surface area contributed by atoms with Crippen LogP contribution in [0.5, 0.6) is 5.75 Å². The summed E-state index contributed by atoms with van der Waals surface area (Å²) in [4.78, 5) is 25.3. The SMILES string of the molecule is CCOC(=O)[C@H]1C(=O)C=C(c2ccsc2)C[C@H]1c1ccccc1OC. The zero-order valence-electron chi connectivity index (χ0n) is 14.2. The largest absolute Gasteiger partial charge is 0.496 e. The summed E-state index contributed by atoms with van der Waals surface area (Å²) in [6.45, 7) is 2.00. The van der Waals surface area contributed by atoms with Crippen LogP contribution in [0.2, 0.25) is 0 Å². The van der Waals surface area contributed by atoms with Gasteiger partial charge in [-0.05, 0) is 59.0 Å². The Morgan fingerprint density at radius 1 is 1.28 bits per heavy atom. The summed E-state index contributed by atoms with van der Waals surface area (Å²) in [5, 5.41) is 4.00. The van der Waals surface area contributed by atoms with E-state index in [2.05, 4.69) is 0 Å². The maximum absolute atomic E-state index is 12.8. The third kappa shape index (κ3) is 3.51. The van der Waals surface area contributed by atoms with Crippen LogP contribution in [0.3, 0.4) is 0 Å². The van der Waals surface area contributed by atoms with Crippen molar-refractivity contribution in [1.29, 1.82) is 0 Å². The average Bonchev–Trinajstić information content (AvgIpc) is 3.15. The van der Waals surface area contributed by atoms with E-state index in [0.29, 0.717) is 12.2 Å². The van der Waals surface area contributed by atoms with Crippen molar-refractivity contribution in [2.75, 3.05) is 13.7 Å². The van der Waals surface area contributed by atoms with Crippen molar-refractivity contribution in [2.45, 2.75) is 19.3 Å². The molecule has 0 saturated carbocycles. The first-order valence-corrected chi connectivity index (χ1v) is 9.16. The Labute approximate surface area is 151 Å². The van der Waals surface area contributed by atoms with Crippen LogP contribution in [0, 0.1) is 5.92 Å². The number of allylic oxidation sites excluding steroid dienone is 2. The van der Waals surface area contributed by atoms with Crippen LogP contribution >= 0.6 is 11.3 Å². The van der Waals surface area contributed by atoms with Crippen molar-refractivity contribution >= 4 is 28.7 Å². The molecule has 1 aliphatic rings. The lowest BCUT2D eigenvalue weighted by atomic mass is 9.73. The number of carbonyl (C=O) groups is 2. The molecule has 1 aliphatic carbocycles. The summed E-state index contributed by atoms with van der Waals surface area (Å²) in [6, 6.07) is 9.53. The van der Waals surface area contributed by atoms with E-state index in [-0.39, 0.29) is 18.3 Å². The second-order valence-electron chi connectivity index (χ2n) is 5.87. The topological polar surface area (TPSA) is 52.6 Å². The Bertz CT molecular complexity index is 792. The van der Waals surface area contributed by atoms with Gasteiger partial charge >= 0.3 is 5.97 Å². The van der Waals surface area contributed by atoms with E-state index in [4.69, 9.17) is 9.47 Å². The van der Waals surface area contributed by atoms with Gasteiger partial charge in [0, 0.05) is 5.92 Å². The molecule has 1 aromatic carbocycles. The molecule has 3 rings (SSSR count). The molecule has 1 aromatic heterocycles. The molecule has 0 saturated heterocycles. The highest BCUT2D eigenvalue weighted by Gasteiger charge is 2.40. The number of benzene rings is 1. The highest BCUT2D eigenvalue weighted by atomic mass is 32.1. The molecule has 5 heteroatoms. The van der Waals surface area contributed by atoms with E-state index in [1.54, 1.807) is 31.4 Å². The van der Waals surface area contributed by atoms with Gasteiger partial charge in [0.1, 0.15) is 11.7 Å². The molecule has 0 spiro atoms. The molecule has 4 nitrogen and oxygen atoms in total. The number of rotatable bonds is 5. The van der Waals surface area contributed by atoms with Crippen molar-refractivity contribution in [3.8, 4) is 5.75 Å². The number of methoxy groups -OCH3 is 1. The number of thiophene rings is 1. The van der Waals surface area contributed by atoms with Gasteiger partial charge in [0.2, 0.25) is 0 Å². The monoisotopic (exact) mass is 356 g/mol. The van der Waals surface area contributed by atoms with Crippen molar-refractivity contribution in [1.82, 2.24) is 0 Å². The Morgan fingerprint density at radius 3 is 2.76 bits per heavy atom. The Hall–Kier alpha value is -2.40. The number of hydrogen-bond acceptors (Lipinski definition) is 5. The zero-order valence-corrected chi connectivity index (χ0v) is 15.0. The van der Waals surface area contributed by atoms with Crippen molar-refractivity contribution in [3.63, 3.8) is 0 Å². The predicted molar refractivity (Wildman–Crippen MR) is 97.8 cm³/mol. The second kappa shape index (κ2) is 7.66. The quantitative estimate of drug-likeness (QED) is 0.598. The molecule has 130 valence electrons. The normalized spacial score (nSPS) is 20.1. The van der Waals surface area contributed by atoms with E-state index in [1.807, 2.05) is 41.1 Å². The minimum atomic E-state index is -0.835. The minimum Gasteiger partial charge on any atom is -0.496 e. The second-order valence-corrected chi connectivity index (χ2v) is 6.65. The van der Waals surface area contributed by atoms with Gasteiger partial charge < -0.3 is 9.47 Å². The van der Waals surface area contributed by atoms with E-state index in [0.717, 1.165) is 16.7 Å². The molecule has 0 fully saturated rings. The highest BCUT2D eigenvalue weighted by Crippen LogP contribution is 2.43. The number of para-hydroxylation sites is 1. The lowest BCUT2D eigenvalue weighted by Gasteiger charge is -2.30. The number of hydrogen-bond donors (Lipinski definition) is 0. The minimum absolute atomic E-state index is 0.207. The van der Waals surface area contributed by atoms with Crippen molar-refractivity contribution in [3.05, 3.63) is 58.3 Å². The predicted octanol–water partition coefficient (Wildman–Crippen LogP) is 4.08. The molecule has 0 radical (unpaired) electrons. The fourth-order valence-corrected chi connectivity index (χ4v) is 3.98. The molecule has 2 atom stereocenters. The van der Waals surface area contributed by atoms with Gasteiger partial charge in [-0.1, -0.05) is 18.2 Å². The molecule has 25 heavy (non-hydrogen) atoms. The van der Waals surface area contributed by atoms with Crippen molar-refractivity contribution in [2.24, 2.45) is 5.92 Å². The third-order valence-electron chi connectivity index (χ3n) is 4.44. The van der Waals surface area contributed by atoms with Crippen LogP contribution in [0.15, 0.2) is 47.2 Å². The Morgan fingerprint density at radius 2 is 2.08 bits per heavy atom. The van der Waals surface area contributed by atoms with E-state index < -0.39 is 11.9 Å². The van der Waals surface area contributed by atoms with Crippen LogP contribution in [0.4, 0.5) is 0 Å². The lowest BCUT2D eigenvalue weighted by Crippen LogP contribution is -2.34. The number of ether oxygens (including phenoxy) is 2. The van der Waals surface area contributed by atoms with E-state index in [9.17, 15) is 9.59 Å². The molecule has 1 heterocycles. The molecule has 0 N–H and O–H groups in total. The smallest absolute Gasteiger partial charge is 0.317 e. The summed E-state index contributed by atoms with van der Waals surface area (Å²) in [7, 11) is 1.60. The summed E-state index contributed by atoms with van der Waals surface area (Å²) < 4.78 is 10.6. The van der Waals surface area contributed by atoms with Crippen molar-refractivity contribution < 1.29 is 19.1 Å². The highest BCUT2D eigenvalue weighted by molar-refractivity contribution is 7.08. The standard InChI is InChI=1S/C20H20O4S/c1-3-24-20(22)19-16(15-6-4-5-7-18(15)23-2)10-14(11-17(19)21)13-8-9-25-12-13/h4-9,11-12,16,19H,3,10H2,1-2H3/t16-,19+/m0/s1. The van der Waals surface area contributed by atoms with E-state index >= 15 is 0 Å². The van der Waals surface area contributed by atoms with Crippen LogP contribution in [-0.4, -0.2) is 25.5 Å². The third-order valence-corrected chi connectivity index (χ3v) is 5.12. The van der Waals surface area contributed by atoms with Gasteiger partial charge in [0.05, 0.1) is 13.7 Å². The van der Waals surface area contributed by atoms with Gasteiger partial charge in [-0.25, -0.2) is 0 Å². The summed E-state index contributed by atoms with van der Waals surface area (Å²) in [6.07, 6.45) is 2.18. The molecule has 0 aliphatic heterocycles. The Balaban J connectivity index is 2.05. The van der Waals surface area contributed by atoms with Crippen LogP contribution in [0.1, 0.15) is 30.4 Å². The number of carbonyl (C=O) groups excluding carboxylic acids is 2. The Kier molecular flexibility index (Phi) is 5.34. The zero-order chi connectivity index (χ0) is 17.8. The maximum Gasteiger partial charge on any atom is 0.317 e. The summed E-state index contributed by atoms with van der Waals surface area (Å²) in [5.41, 5.74) is 2.83. The van der Waals surface area contributed by atoms with E-state index in [1.165, 1.54) is 0 Å².